The monoisotopic (exact) mass is 305 g/mol. The molecule has 0 spiro atoms. The maximum Gasteiger partial charge on any atom is 0.247 e. The fraction of sp³-hybridized carbons (Fsp3) is 0.263. The van der Waals surface area contributed by atoms with Gasteiger partial charge in [0.15, 0.2) is 0 Å². The van der Waals surface area contributed by atoms with Gasteiger partial charge in [-0.15, -0.1) is 10.2 Å². The number of aromatic nitrogens is 2. The molecule has 0 bridgehead atoms. The molecule has 0 N–H and O–H groups in total. The van der Waals surface area contributed by atoms with Crippen LogP contribution in [0.3, 0.4) is 0 Å². The Bertz CT molecular complexity index is 782. The predicted molar refractivity (Wildman–Crippen MR) is 88.6 cm³/mol. The Labute approximate surface area is 135 Å². The Balaban J connectivity index is 1.49. The van der Waals surface area contributed by atoms with Crippen molar-refractivity contribution in [1.29, 1.82) is 0 Å². The SMILES string of the molecule is c1ccc(-c2nnc(CN3CCCc4ccccc4C3)o2)cc1. The number of benzene rings is 2. The third kappa shape index (κ3) is 3.17. The lowest BCUT2D eigenvalue weighted by molar-refractivity contribution is 0.235. The van der Waals surface area contributed by atoms with Gasteiger partial charge in [0.05, 0.1) is 6.54 Å². The molecule has 0 saturated carbocycles. The van der Waals surface area contributed by atoms with Crippen molar-refractivity contribution < 1.29 is 4.42 Å². The Morgan fingerprint density at radius 1 is 0.913 bits per heavy atom. The van der Waals surface area contributed by atoms with Crippen LogP contribution < -0.4 is 0 Å². The highest BCUT2D eigenvalue weighted by atomic mass is 16.4. The van der Waals surface area contributed by atoms with Crippen LogP contribution in [0, 0.1) is 0 Å². The number of rotatable bonds is 3. The summed E-state index contributed by atoms with van der Waals surface area (Å²) in [6, 6.07) is 18.6. The largest absolute Gasteiger partial charge is 0.419 e. The third-order valence-corrected chi connectivity index (χ3v) is 4.28. The third-order valence-electron chi connectivity index (χ3n) is 4.28. The minimum atomic E-state index is 0.593. The van der Waals surface area contributed by atoms with Crippen molar-refractivity contribution >= 4 is 0 Å². The van der Waals surface area contributed by atoms with Crippen molar-refractivity contribution in [1.82, 2.24) is 15.1 Å². The van der Waals surface area contributed by atoms with E-state index in [9.17, 15) is 0 Å². The predicted octanol–water partition coefficient (Wildman–Crippen LogP) is 3.69. The van der Waals surface area contributed by atoms with Gasteiger partial charge in [0.1, 0.15) is 0 Å². The number of hydrogen-bond donors (Lipinski definition) is 0. The number of hydrogen-bond acceptors (Lipinski definition) is 4. The van der Waals surface area contributed by atoms with Crippen molar-refractivity contribution in [2.75, 3.05) is 6.54 Å². The summed E-state index contributed by atoms with van der Waals surface area (Å²) < 4.78 is 5.84. The molecule has 4 rings (SSSR count). The summed E-state index contributed by atoms with van der Waals surface area (Å²) in [6.45, 7) is 2.70. The zero-order valence-electron chi connectivity index (χ0n) is 13.0. The van der Waals surface area contributed by atoms with Crippen LogP contribution in [-0.2, 0) is 19.5 Å². The molecule has 1 aromatic heterocycles. The molecule has 0 aliphatic carbocycles. The first-order valence-corrected chi connectivity index (χ1v) is 8.05. The van der Waals surface area contributed by atoms with Crippen LogP contribution in [0.1, 0.15) is 23.4 Å². The molecule has 23 heavy (non-hydrogen) atoms. The topological polar surface area (TPSA) is 42.2 Å². The van der Waals surface area contributed by atoms with E-state index >= 15 is 0 Å². The quantitative estimate of drug-likeness (QED) is 0.740. The lowest BCUT2D eigenvalue weighted by Crippen LogP contribution is -2.22. The molecule has 2 aromatic carbocycles. The van der Waals surface area contributed by atoms with Crippen molar-refractivity contribution in [3.63, 3.8) is 0 Å². The van der Waals surface area contributed by atoms with Crippen molar-refractivity contribution in [2.45, 2.75) is 25.9 Å². The average molecular weight is 305 g/mol. The van der Waals surface area contributed by atoms with Gasteiger partial charge in [-0.1, -0.05) is 42.5 Å². The lowest BCUT2D eigenvalue weighted by atomic mass is 10.0. The molecule has 4 heteroatoms. The molecule has 0 radical (unpaired) electrons. The highest BCUT2D eigenvalue weighted by Gasteiger charge is 2.17. The van der Waals surface area contributed by atoms with Gasteiger partial charge < -0.3 is 4.42 Å². The molecule has 0 saturated heterocycles. The second-order valence-electron chi connectivity index (χ2n) is 5.95. The van der Waals surface area contributed by atoms with Crippen molar-refractivity contribution in [2.24, 2.45) is 0 Å². The Morgan fingerprint density at radius 3 is 2.57 bits per heavy atom. The van der Waals surface area contributed by atoms with Crippen LogP contribution in [0.25, 0.3) is 11.5 Å². The normalized spacial score (nSPS) is 15.1. The number of fused-ring (bicyclic) bond motifs is 1. The smallest absolute Gasteiger partial charge is 0.247 e. The van der Waals surface area contributed by atoms with Gasteiger partial charge in [0.25, 0.3) is 0 Å². The lowest BCUT2D eigenvalue weighted by Gasteiger charge is -2.18. The van der Waals surface area contributed by atoms with Crippen molar-refractivity contribution in [3.05, 3.63) is 71.6 Å². The molecule has 0 atom stereocenters. The van der Waals surface area contributed by atoms with Gasteiger partial charge in [0.2, 0.25) is 11.8 Å². The summed E-state index contributed by atoms with van der Waals surface area (Å²) in [6.07, 6.45) is 2.31. The summed E-state index contributed by atoms with van der Waals surface area (Å²) in [7, 11) is 0. The Morgan fingerprint density at radius 2 is 1.70 bits per heavy atom. The maximum atomic E-state index is 5.84. The zero-order chi connectivity index (χ0) is 15.5. The molecule has 116 valence electrons. The molecule has 0 unspecified atom stereocenters. The second-order valence-corrected chi connectivity index (χ2v) is 5.95. The molecule has 1 aliphatic rings. The zero-order valence-corrected chi connectivity index (χ0v) is 13.0. The summed E-state index contributed by atoms with van der Waals surface area (Å²) in [5.41, 5.74) is 3.84. The molecular formula is C19H19N3O. The Hall–Kier alpha value is -2.46. The second kappa shape index (κ2) is 6.34. The first-order chi connectivity index (χ1) is 11.4. The van der Waals surface area contributed by atoms with E-state index in [1.54, 1.807) is 0 Å². The fourth-order valence-corrected chi connectivity index (χ4v) is 3.11. The summed E-state index contributed by atoms with van der Waals surface area (Å²) >= 11 is 0. The van der Waals surface area contributed by atoms with E-state index in [1.165, 1.54) is 11.1 Å². The first-order valence-electron chi connectivity index (χ1n) is 8.05. The van der Waals surface area contributed by atoms with Crippen LogP contribution in [0.15, 0.2) is 59.0 Å². The molecule has 0 fully saturated rings. The summed E-state index contributed by atoms with van der Waals surface area (Å²) in [4.78, 5) is 2.38. The summed E-state index contributed by atoms with van der Waals surface area (Å²) in [5, 5.41) is 8.39. The molecule has 3 aromatic rings. The van der Waals surface area contributed by atoms with Gasteiger partial charge in [-0.25, -0.2) is 0 Å². The average Bonchev–Trinajstić information content (AvgIpc) is 2.96. The van der Waals surface area contributed by atoms with E-state index < -0.39 is 0 Å². The van der Waals surface area contributed by atoms with Crippen LogP contribution in [-0.4, -0.2) is 21.6 Å². The van der Waals surface area contributed by atoms with Gasteiger partial charge in [0, 0.05) is 12.1 Å². The Kier molecular flexibility index (Phi) is 3.90. The first kappa shape index (κ1) is 14.2. The molecular weight excluding hydrogens is 286 g/mol. The fourth-order valence-electron chi connectivity index (χ4n) is 3.11. The van der Waals surface area contributed by atoms with Gasteiger partial charge in [-0.3, -0.25) is 4.90 Å². The van der Waals surface area contributed by atoms with Gasteiger partial charge in [-0.2, -0.15) is 0 Å². The van der Waals surface area contributed by atoms with Crippen LogP contribution in [0.2, 0.25) is 0 Å². The molecule has 0 amide bonds. The van der Waals surface area contributed by atoms with Crippen LogP contribution >= 0.6 is 0 Å². The van der Waals surface area contributed by atoms with E-state index in [1.807, 2.05) is 30.3 Å². The maximum absolute atomic E-state index is 5.84. The van der Waals surface area contributed by atoms with E-state index in [0.717, 1.165) is 31.5 Å². The summed E-state index contributed by atoms with van der Waals surface area (Å²) in [5.74, 6) is 1.28. The van der Waals surface area contributed by atoms with E-state index in [-0.39, 0.29) is 0 Å². The van der Waals surface area contributed by atoms with Crippen molar-refractivity contribution in [3.8, 4) is 11.5 Å². The number of nitrogens with zero attached hydrogens (tertiary/aromatic N) is 3. The van der Waals surface area contributed by atoms with Gasteiger partial charge >= 0.3 is 0 Å². The minimum absolute atomic E-state index is 0.593. The minimum Gasteiger partial charge on any atom is -0.419 e. The van der Waals surface area contributed by atoms with Crippen LogP contribution in [0.4, 0.5) is 0 Å². The van der Waals surface area contributed by atoms with E-state index in [2.05, 4.69) is 39.4 Å². The highest BCUT2D eigenvalue weighted by Crippen LogP contribution is 2.21. The van der Waals surface area contributed by atoms with Crippen LogP contribution in [0.5, 0.6) is 0 Å². The van der Waals surface area contributed by atoms with E-state index in [4.69, 9.17) is 4.42 Å². The van der Waals surface area contributed by atoms with E-state index in [0.29, 0.717) is 18.3 Å². The molecule has 1 aliphatic heterocycles. The van der Waals surface area contributed by atoms with Gasteiger partial charge in [-0.05, 0) is 42.6 Å². The molecule has 4 nitrogen and oxygen atoms in total. The standard InChI is InChI=1S/C19H19N3O/c1-2-8-16(9-3-1)19-21-20-18(23-19)14-22-12-6-11-15-7-4-5-10-17(15)13-22/h1-5,7-10H,6,11-14H2. The number of aryl methyl sites for hydroxylation is 1. The molecule has 2 heterocycles. The highest BCUT2D eigenvalue weighted by molar-refractivity contribution is 5.51.